The smallest absolute Gasteiger partial charge is 0.160 e. The number of aliphatic imine (C=N–C) groups is 1. The highest BCUT2D eigenvalue weighted by Crippen LogP contribution is 2.26. The lowest BCUT2D eigenvalue weighted by Crippen LogP contribution is -2.37. The number of ether oxygens (including phenoxy) is 1. The zero-order valence-electron chi connectivity index (χ0n) is 17.8. The number of aromatic nitrogens is 5. The van der Waals surface area contributed by atoms with Crippen LogP contribution in [0, 0.1) is 6.92 Å². The van der Waals surface area contributed by atoms with Gasteiger partial charge in [-0.25, -0.2) is 9.98 Å². The van der Waals surface area contributed by atoms with Gasteiger partial charge in [0.1, 0.15) is 17.2 Å². The highest BCUT2D eigenvalue weighted by Gasteiger charge is 2.18. The summed E-state index contributed by atoms with van der Waals surface area (Å²) in [5.41, 5.74) is 11.0. The van der Waals surface area contributed by atoms with Gasteiger partial charge in [0, 0.05) is 42.8 Å². The second-order valence-corrected chi connectivity index (χ2v) is 7.57. The number of hydrogen-bond acceptors (Lipinski definition) is 7. The lowest BCUT2D eigenvalue weighted by atomic mass is 10.1. The highest BCUT2D eigenvalue weighted by molar-refractivity contribution is 5.85. The Kier molecular flexibility index (Phi) is 5.39. The maximum Gasteiger partial charge on any atom is 0.160 e. The molecule has 0 radical (unpaired) electrons. The minimum absolute atomic E-state index is 0.584. The van der Waals surface area contributed by atoms with Gasteiger partial charge in [-0.1, -0.05) is 30.3 Å². The van der Waals surface area contributed by atoms with Crippen molar-refractivity contribution in [2.45, 2.75) is 6.92 Å². The van der Waals surface area contributed by atoms with Crippen LogP contribution in [0.2, 0.25) is 0 Å². The van der Waals surface area contributed by atoms with E-state index in [0.717, 1.165) is 41.6 Å². The van der Waals surface area contributed by atoms with E-state index in [1.54, 1.807) is 12.3 Å². The van der Waals surface area contributed by atoms with Crippen molar-refractivity contribution in [1.29, 1.82) is 0 Å². The number of hydrogen-bond donors (Lipinski definition) is 2. The maximum absolute atomic E-state index is 6.17. The topological polar surface area (TPSA) is 110 Å². The van der Waals surface area contributed by atoms with Gasteiger partial charge in [-0.05, 0) is 24.6 Å². The van der Waals surface area contributed by atoms with Gasteiger partial charge in [0.25, 0.3) is 0 Å². The van der Waals surface area contributed by atoms with E-state index in [9.17, 15) is 0 Å². The number of fused-ring (bicyclic) bond motifs is 1. The van der Waals surface area contributed by atoms with Crippen molar-refractivity contribution in [3.63, 3.8) is 0 Å². The first kappa shape index (κ1) is 20.0. The van der Waals surface area contributed by atoms with E-state index in [1.165, 1.54) is 0 Å². The number of morpholine rings is 1. The van der Waals surface area contributed by atoms with E-state index >= 15 is 0 Å². The summed E-state index contributed by atoms with van der Waals surface area (Å²) < 4.78 is 7.37. The third-order valence-corrected chi connectivity index (χ3v) is 5.27. The Morgan fingerprint density at radius 1 is 1.12 bits per heavy atom. The van der Waals surface area contributed by atoms with Crippen molar-refractivity contribution in [2.75, 3.05) is 31.2 Å². The molecule has 1 saturated heterocycles. The molecule has 9 nitrogen and oxygen atoms in total. The molecule has 162 valence electrons. The molecule has 0 aliphatic carbocycles. The SMILES string of the molecule is Cc1cc(-c2cc3nc(N=C/C=C(\N)c4ccccc4)cc(N4CCOCC4)n3n2)n[nH]1. The van der Waals surface area contributed by atoms with E-state index in [2.05, 4.69) is 25.1 Å². The molecule has 0 amide bonds. The molecule has 0 bridgehead atoms. The van der Waals surface area contributed by atoms with Crippen LogP contribution in [0.1, 0.15) is 11.3 Å². The monoisotopic (exact) mass is 428 g/mol. The summed E-state index contributed by atoms with van der Waals surface area (Å²) in [7, 11) is 0. The van der Waals surface area contributed by atoms with Crippen molar-refractivity contribution in [3.05, 3.63) is 65.9 Å². The number of rotatable bonds is 5. The van der Waals surface area contributed by atoms with Gasteiger partial charge in [0.2, 0.25) is 0 Å². The number of nitrogens with two attached hydrogens (primary N) is 1. The number of aromatic amines is 1. The van der Waals surface area contributed by atoms with Gasteiger partial charge in [0.05, 0.1) is 13.2 Å². The molecule has 1 aromatic carbocycles. The number of anilines is 1. The van der Waals surface area contributed by atoms with Crippen molar-refractivity contribution in [3.8, 4) is 11.4 Å². The van der Waals surface area contributed by atoms with Crippen molar-refractivity contribution >= 4 is 29.2 Å². The van der Waals surface area contributed by atoms with Crippen molar-refractivity contribution in [1.82, 2.24) is 24.8 Å². The summed E-state index contributed by atoms with van der Waals surface area (Å²) >= 11 is 0. The number of nitrogens with zero attached hydrogens (tertiary/aromatic N) is 6. The van der Waals surface area contributed by atoms with Crippen LogP contribution >= 0.6 is 0 Å². The predicted molar refractivity (Wildman–Crippen MR) is 125 cm³/mol. The molecular weight excluding hydrogens is 404 g/mol. The van der Waals surface area contributed by atoms with Crippen LogP contribution < -0.4 is 10.6 Å². The lowest BCUT2D eigenvalue weighted by molar-refractivity contribution is 0.122. The van der Waals surface area contributed by atoms with Gasteiger partial charge >= 0.3 is 0 Å². The number of nitrogens with one attached hydrogen (secondary N) is 1. The summed E-state index contributed by atoms with van der Waals surface area (Å²) in [6, 6.07) is 15.6. The average Bonchev–Trinajstić information content (AvgIpc) is 3.46. The first-order chi connectivity index (χ1) is 15.7. The van der Waals surface area contributed by atoms with Gasteiger partial charge < -0.3 is 15.4 Å². The Bertz CT molecular complexity index is 1280. The summed E-state index contributed by atoms with van der Waals surface area (Å²) in [4.78, 5) is 11.5. The van der Waals surface area contributed by atoms with Crippen molar-refractivity contribution in [2.24, 2.45) is 10.7 Å². The quantitative estimate of drug-likeness (QED) is 0.473. The molecule has 5 rings (SSSR count). The molecule has 3 aromatic heterocycles. The van der Waals surface area contributed by atoms with E-state index in [4.69, 9.17) is 15.6 Å². The van der Waals surface area contributed by atoms with E-state index in [1.807, 2.05) is 60.0 Å². The van der Waals surface area contributed by atoms with Gasteiger partial charge in [-0.2, -0.15) is 14.7 Å². The minimum atomic E-state index is 0.584. The summed E-state index contributed by atoms with van der Waals surface area (Å²) in [5, 5.41) is 12.1. The van der Waals surface area contributed by atoms with Crippen LogP contribution in [0.3, 0.4) is 0 Å². The first-order valence-electron chi connectivity index (χ1n) is 10.5. The third-order valence-electron chi connectivity index (χ3n) is 5.27. The third kappa shape index (κ3) is 4.10. The van der Waals surface area contributed by atoms with Gasteiger partial charge in [-0.3, -0.25) is 5.10 Å². The molecule has 3 N–H and O–H groups in total. The largest absolute Gasteiger partial charge is 0.398 e. The van der Waals surface area contributed by atoms with Crippen LogP contribution in [0.25, 0.3) is 22.7 Å². The average molecular weight is 429 g/mol. The Morgan fingerprint density at radius 3 is 2.69 bits per heavy atom. The Balaban J connectivity index is 1.52. The zero-order chi connectivity index (χ0) is 21.9. The van der Waals surface area contributed by atoms with Crippen molar-refractivity contribution < 1.29 is 4.74 Å². The van der Waals surface area contributed by atoms with Crippen LogP contribution in [0.15, 0.2) is 59.6 Å². The second-order valence-electron chi connectivity index (χ2n) is 7.57. The van der Waals surface area contributed by atoms with Crippen LogP contribution in [0.5, 0.6) is 0 Å². The Morgan fingerprint density at radius 2 is 1.94 bits per heavy atom. The highest BCUT2D eigenvalue weighted by atomic mass is 16.5. The molecule has 0 unspecified atom stereocenters. The fourth-order valence-electron chi connectivity index (χ4n) is 3.62. The zero-order valence-corrected chi connectivity index (χ0v) is 17.8. The number of H-pyrrole nitrogens is 1. The molecule has 9 heteroatoms. The predicted octanol–water partition coefficient (Wildman–Crippen LogP) is 2.97. The molecule has 32 heavy (non-hydrogen) atoms. The number of aryl methyl sites for hydroxylation is 1. The first-order valence-corrected chi connectivity index (χ1v) is 10.5. The summed E-state index contributed by atoms with van der Waals surface area (Å²) in [6.07, 6.45) is 3.46. The van der Waals surface area contributed by atoms with Crippen LogP contribution in [0.4, 0.5) is 11.6 Å². The number of allylic oxidation sites excluding steroid dienone is 1. The Labute approximate surface area is 185 Å². The van der Waals surface area contributed by atoms with E-state index < -0.39 is 0 Å². The van der Waals surface area contributed by atoms with Crippen LogP contribution in [-0.4, -0.2) is 57.3 Å². The fraction of sp³-hybridized carbons (Fsp3) is 0.217. The summed E-state index contributed by atoms with van der Waals surface area (Å²) in [6.45, 7) is 4.86. The number of benzene rings is 1. The van der Waals surface area contributed by atoms with Gasteiger partial charge in [-0.15, -0.1) is 0 Å². The van der Waals surface area contributed by atoms with E-state index in [-0.39, 0.29) is 0 Å². The normalized spacial score (nSPS) is 15.2. The second kappa shape index (κ2) is 8.64. The molecule has 1 aliphatic rings. The molecule has 0 atom stereocenters. The molecule has 0 saturated carbocycles. The van der Waals surface area contributed by atoms with E-state index in [0.29, 0.717) is 30.4 Å². The fourth-order valence-corrected chi connectivity index (χ4v) is 3.62. The Hall–Kier alpha value is -3.98. The molecule has 1 fully saturated rings. The maximum atomic E-state index is 6.17. The standard InChI is InChI=1S/C23H24N8O/c1-16-13-19(28-27-16)20-14-22-26-21(25-8-7-18(24)17-5-3-2-4-6-17)15-23(31(22)29-20)30-9-11-32-12-10-30/h2-8,13-15H,9-12,24H2,1H3,(H,27,28)/b18-7-,25-8?. The van der Waals surface area contributed by atoms with Gasteiger partial charge in [0.15, 0.2) is 11.5 Å². The summed E-state index contributed by atoms with van der Waals surface area (Å²) in [5.74, 6) is 1.50. The molecule has 0 spiro atoms. The molecule has 4 aromatic rings. The molecule has 1 aliphatic heterocycles. The minimum Gasteiger partial charge on any atom is -0.398 e. The molecule has 4 heterocycles. The lowest BCUT2D eigenvalue weighted by Gasteiger charge is -2.28. The van der Waals surface area contributed by atoms with Crippen LogP contribution in [-0.2, 0) is 4.74 Å². The molecular formula is C23H24N8O.